The quantitative estimate of drug-likeness (QED) is 0.858. The molecule has 0 saturated heterocycles. The van der Waals surface area contributed by atoms with Crippen LogP contribution in [0.5, 0.6) is 0 Å². The van der Waals surface area contributed by atoms with E-state index in [0.717, 1.165) is 0 Å². The van der Waals surface area contributed by atoms with Crippen LogP contribution in [0.4, 0.5) is 6.01 Å². The van der Waals surface area contributed by atoms with Crippen LogP contribution in [0.15, 0.2) is 28.7 Å². The van der Waals surface area contributed by atoms with Crippen molar-refractivity contribution in [3.63, 3.8) is 0 Å². The van der Waals surface area contributed by atoms with Crippen LogP contribution in [0.2, 0.25) is 0 Å². The van der Waals surface area contributed by atoms with Gasteiger partial charge in [0.05, 0.1) is 12.0 Å². The normalized spacial score (nSPS) is 10.2. The molecule has 1 heterocycles. The summed E-state index contributed by atoms with van der Waals surface area (Å²) in [5.41, 5.74) is 0.517. The molecule has 7 nitrogen and oxygen atoms in total. The summed E-state index contributed by atoms with van der Waals surface area (Å²) in [6, 6.07) is 6.30. The highest BCUT2D eigenvalue weighted by molar-refractivity contribution is 5.94. The van der Waals surface area contributed by atoms with Crippen molar-refractivity contribution < 1.29 is 19.1 Å². The number of aromatic carboxylic acids is 1. The van der Waals surface area contributed by atoms with E-state index in [1.54, 1.807) is 25.1 Å². The molecule has 2 aromatic rings. The highest BCUT2D eigenvalue weighted by Crippen LogP contribution is 2.11. The molecule has 0 saturated carbocycles. The van der Waals surface area contributed by atoms with E-state index in [9.17, 15) is 9.59 Å². The van der Waals surface area contributed by atoms with Gasteiger partial charge in [-0.25, -0.2) is 4.79 Å². The molecule has 1 aromatic heterocycles. The van der Waals surface area contributed by atoms with Crippen LogP contribution in [0.1, 0.15) is 21.8 Å². The first-order chi connectivity index (χ1) is 9.06. The first kappa shape index (κ1) is 12.7. The fourth-order valence-electron chi connectivity index (χ4n) is 1.57. The fraction of sp³-hybridized carbons (Fsp3) is 0.167. The molecular weight excluding hydrogens is 250 g/mol. The Labute approximate surface area is 108 Å². The van der Waals surface area contributed by atoms with Gasteiger partial charge in [0.15, 0.2) is 0 Å². The molecule has 0 spiro atoms. The highest BCUT2D eigenvalue weighted by Gasteiger charge is 2.14. The summed E-state index contributed by atoms with van der Waals surface area (Å²) >= 11 is 0. The van der Waals surface area contributed by atoms with Gasteiger partial charge in [0.25, 0.3) is 0 Å². The summed E-state index contributed by atoms with van der Waals surface area (Å²) in [5.74, 6) is -1.16. The molecule has 1 amide bonds. The van der Waals surface area contributed by atoms with Crippen molar-refractivity contribution in [2.24, 2.45) is 0 Å². The number of hydrogen-bond donors (Lipinski definition) is 2. The van der Waals surface area contributed by atoms with Gasteiger partial charge in [0.1, 0.15) is 0 Å². The van der Waals surface area contributed by atoms with Crippen LogP contribution in [0.25, 0.3) is 0 Å². The summed E-state index contributed by atoms with van der Waals surface area (Å²) in [4.78, 5) is 22.7. The molecule has 1 aromatic carbocycles. The van der Waals surface area contributed by atoms with E-state index in [0.29, 0.717) is 11.5 Å². The van der Waals surface area contributed by atoms with Crippen molar-refractivity contribution in [3.8, 4) is 0 Å². The van der Waals surface area contributed by atoms with Gasteiger partial charge < -0.3 is 9.52 Å². The van der Waals surface area contributed by atoms with E-state index in [1.807, 2.05) is 0 Å². The van der Waals surface area contributed by atoms with E-state index in [2.05, 4.69) is 15.5 Å². The molecule has 0 atom stereocenters. The van der Waals surface area contributed by atoms with Crippen molar-refractivity contribution >= 4 is 17.9 Å². The summed E-state index contributed by atoms with van der Waals surface area (Å²) in [5, 5.41) is 18.6. The third-order valence-corrected chi connectivity index (χ3v) is 2.37. The molecule has 2 N–H and O–H groups in total. The molecule has 0 aliphatic heterocycles. The monoisotopic (exact) mass is 261 g/mol. The highest BCUT2D eigenvalue weighted by atomic mass is 16.4. The van der Waals surface area contributed by atoms with Crippen LogP contribution in [0, 0.1) is 6.92 Å². The number of benzene rings is 1. The minimum absolute atomic E-state index is 0.00435. The summed E-state index contributed by atoms with van der Waals surface area (Å²) < 4.78 is 5.00. The molecule has 0 radical (unpaired) electrons. The van der Waals surface area contributed by atoms with E-state index in [4.69, 9.17) is 9.52 Å². The lowest BCUT2D eigenvalue weighted by Gasteiger charge is -2.04. The molecule has 19 heavy (non-hydrogen) atoms. The van der Waals surface area contributed by atoms with Gasteiger partial charge >= 0.3 is 12.0 Å². The number of nitrogens with zero attached hydrogens (tertiary/aromatic N) is 2. The molecule has 7 heteroatoms. The first-order valence-corrected chi connectivity index (χ1v) is 5.47. The number of aryl methyl sites for hydroxylation is 1. The zero-order chi connectivity index (χ0) is 13.8. The van der Waals surface area contributed by atoms with Crippen molar-refractivity contribution in [3.05, 3.63) is 41.3 Å². The van der Waals surface area contributed by atoms with Crippen molar-refractivity contribution in [2.45, 2.75) is 13.3 Å². The molecule has 0 bridgehead atoms. The number of nitrogens with one attached hydrogen (secondary N) is 1. The number of anilines is 1. The second kappa shape index (κ2) is 5.30. The maximum Gasteiger partial charge on any atom is 0.335 e. The SMILES string of the molecule is Cc1nnc(NC(=O)Cc2ccccc2C(=O)O)o1. The lowest BCUT2D eigenvalue weighted by atomic mass is 10.0. The van der Waals surface area contributed by atoms with Gasteiger partial charge in [-0.3, -0.25) is 10.1 Å². The minimum atomic E-state index is -1.07. The minimum Gasteiger partial charge on any atom is -0.478 e. The average molecular weight is 261 g/mol. The topological polar surface area (TPSA) is 105 Å². The average Bonchev–Trinajstić information content (AvgIpc) is 2.75. The second-order valence-corrected chi connectivity index (χ2v) is 3.81. The Hall–Kier alpha value is -2.70. The second-order valence-electron chi connectivity index (χ2n) is 3.81. The number of amides is 1. The van der Waals surface area contributed by atoms with Gasteiger partial charge in [0.2, 0.25) is 11.8 Å². The number of carboxylic acids is 1. The third-order valence-electron chi connectivity index (χ3n) is 2.37. The number of carbonyl (C=O) groups is 2. The van der Waals surface area contributed by atoms with Crippen LogP contribution >= 0.6 is 0 Å². The lowest BCUT2D eigenvalue weighted by Crippen LogP contribution is -2.16. The number of aromatic nitrogens is 2. The molecule has 0 fully saturated rings. The lowest BCUT2D eigenvalue weighted by molar-refractivity contribution is -0.115. The predicted molar refractivity (Wildman–Crippen MR) is 64.8 cm³/mol. The Morgan fingerprint density at radius 3 is 2.68 bits per heavy atom. The van der Waals surface area contributed by atoms with Gasteiger partial charge in [-0.05, 0) is 11.6 Å². The Morgan fingerprint density at radius 1 is 1.32 bits per heavy atom. The van der Waals surface area contributed by atoms with Gasteiger partial charge in [-0.15, -0.1) is 5.10 Å². The van der Waals surface area contributed by atoms with E-state index in [1.165, 1.54) is 6.07 Å². The Kier molecular flexibility index (Phi) is 3.56. The Bertz CT molecular complexity index is 621. The van der Waals surface area contributed by atoms with Gasteiger partial charge in [0, 0.05) is 6.92 Å². The number of rotatable bonds is 4. The van der Waals surface area contributed by atoms with Crippen LogP contribution in [0.3, 0.4) is 0 Å². The van der Waals surface area contributed by atoms with Crippen molar-refractivity contribution in [1.29, 1.82) is 0 Å². The first-order valence-electron chi connectivity index (χ1n) is 5.47. The third kappa shape index (κ3) is 3.15. The maximum absolute atomic E-state index is 11.7. The number of carbonyl (C=O) groups excluding carboxylic acids is 1. The molecule has 0 unspecified atom stereocenters. The van der Waals surface area contributed by atoms with Gasteiger partial charge in [-0.1, -0.05) is 23.3 Å². The largest absolute Gasteiger partial charge is 0.478 e. The fourth-order valence-corrected chi connectivity index (χ4v) is 1.57. The van der Waals surface area contributed by atoms with Crippen molar-refractivity contribution in [2.75, 3.05) is 5.32 Å². The predicted octanol–water partition coefficient (Wildman–Crippen LogP) is 1.26. The Morgan fingerprint density at radius 2 is 2.05 bits per heavy atom. The zero-order valence-electron chi connectivity index (χ0n) is 10.1. The summed E-state index contributed by atoms with van der Waals surface area (Å²) in [6.07, 6.45) is -0.0795. The number of hydrogen-bond acceptors (Lipinski definition) is 5. The standard InChI is InChI=1S/C12H11N3O4/c1-7-14-15-12(19-7)13-10(16)6-8-4-2-3-5-9(8)11(17)18/h2-5H,6H2,1H3,(H,17,18)(H,13,15,16). The molecular formula is C12H11N3O4. The molecule has 2 rings (SSSR count). The van der Waals surface area contributed by atoms with Crippen LogP contribution < -0.4 is 5.32 Å². The van der Waals surface area contributed by atoms with E-state index in [-0.39, 0.29) is 18.0 Å². The van der Waals surface area contributed by atoms with E-state index >= 15 is 0 Å². The number of carboxylic acid groups (broad SMARTS) is 1. The Balaban J connectivity index is 2.09. The van der Waals surface area contributed by atoms with Gasteiger partial charge in [-0.2, -0.15) is 0 Å². The summed E-state index contributed by atoms with van der Waals surface area (Å²) in [7, 11) is 0. The van der Waals surface area contributed by atoms with Crippen LogP contribution in [-0.4, -0.2) is 27.2 Å². The van der Waals surface area contributed by atoms with E-state index < -0.39 is 11.9 Å². The maximum atomic E-state index is 11.7. The zero-order valence-corrected chi connectivity index (χ0v) is 10.1. The summed E-state index contributed by atoms with van der Waals surface area (Å²) in [6.45, 7) is 1.60. The van der Waals surface area contributed by atoms with Crippen LogP contribution in [-0.2, 0) is 11.2 Å². The molecule has 0 aliphatic carbocycles. The molecule has 98 valence electrons. The van der Waals surface area contributed by atoms with Crippen molar-refractivity contribution in [1.82, 2.24) is 10.2 Å². The smallest absolute Gasteiger partial charge is 0.335 e. The molecule has 0 aliphatic rings.